The van der Waals surface area contributed by atoms with Crippen LogP contribution in [-0.2, 0) is 11.3 Å². The molecule has 0 aromatic heterocycles. The number of nitro groups is 1. The summed E-state index contributed by atoms with van der Waals surface area (Å²) < 4.78 is 0. The highest BCUT2D eigenvalue weighted by molar-refractivity contribution is 5.81. The van der Waals surface area contributed by atoms with Crippen LogP contribution < -0.4 is 10.6 Å². The van der Waals surface area contributed by atoms with E-state index in [-0.39, 0.29) is 18.1 Å². The van der Waals surface area contributed by atoms with Gasteiger partial charge in [-0.2, -0.15) is 0 Å². The topological polar surface area (TPSA) is 84.3 Å². The van der Waals surface area contributed by atoms with Crippen molar-refractivity contribution in [3.63, 3.8) is 0 Å². The number of benzene rings is 2. The van der Waals surface area contributed by atoms with Crippen LogP contribution in [-0.4, -0.2) is 17.4 Å². The zero-order valence-corrected chi connectivity index (χ0v) is 13.1. The van der Waals surface area contributed by atoms with Gasteiger partial charge in [0.25, 0.3) is 5.69 Å². The summed E-state index contributed by atoms with van der Waals surface area (Å²) in [5.41, 5.74) is 3.62. The minimum absolute atomic E-state index is 0.00146. The monoisotopic (exact) mass is 313 g/mol. The molecule has 6 heteroatoms. The van der Waals surface area contributed by atoms with Crippen molar-refractivity contribution in [2.45, 2.75) is 20.4 Å². The second kappa shape index (κ2) is 7.40. The van der Waals surface area contributed by atoms with Gasteiger partial charge in [0.05, 0.1) is 11.5 Å². The number of non-ortho nitro benzene ring substituents is 1. The first-order chi connectivity index (χ1) is 11.0. The average Bonchev–Trinajstić information content (AvgIpc) is 2.53. The summed E-state index contributed by atoms with van der Waals surface area (Å²) in [6, 6.07) is 12.4. The highest BCUT2D eigenvalue weighted by atomic mass is 16.6. The molecule has 2 rings (SSSR count). The van der Waals surface area contributed by atoms with Crippen LogP contribution in [0.2, 0.25) is 0 Å². The normalized spacial score (nSPS) is 10.2. The van der Waals surface area contributed by atoms with Gasteiger partial charge in [0, 0.05) is 24.4 Å². The molecule has 23 heavy (non-hydrogen) atoms. The van der Waals surface area contributed by atoms with Gasteiger partial charge in [-0.1, -0.05) is 30.3 Å². The quantitative estimate of drug-likeness (QED) is 0.634. The van der Waals surface area contributed by atoms with Crippen molar-refractivity contribution >= 4 is 17.3 Å². The molecule has 0 unspecified atom stereocenters. The SMILES string of the molecule is Cc1ccccc1CNC(=O)CNc1cc([N+](=O)[O-])ccc1C. The maximum atomic E-state index is 11.9. The second-order valence-corrected chi connectivity index (χ2v) is 5.31. The molecule has 1 amide bonds. The molecule has 2 N–H and O–H groups in total. The van der Waals surface area contributed by atoms with E-state index in [0.29, 0.717) is 12.2 Å². The van der Waals surface area contributed by atoms with Crippen LogP contribution in [0.5, 0.6) is 0 Å². The zero-order valence-electron chi connectivity index (χ0n) is 13.1. The number of aryl methyl sites for hydroxylation is 2. The predicted molar refractivity (Wildman–Crippen MR) is 89.3 cm³/mol. The summed E-state index contributed by atoms with van der Waals surface area (Å²) in [5.74, 6) is -0.167. The summed E-state index contributed by atoms with van der Waals surface area (Å²) in [4.78, 5) is 22.3. The van der Waals surface area contributed by atoms with Gasteiger partial charge < -0.3 is 10.6 Å². The fourth-order valence-corrected chi connectivity index (χ4v) is 2.15. The maximum absolute atomic E-state index is 11.9. The molecule has 2 aromatic carbocycles. The molecule has 0 bridgehead atoms. The third-order valence-corrected chi connectivity index (χ3v) is 3.61. The van der Waals surface area contributed by atoms with Gasteiger partial charge >= 0.3 is 0 Å². The Bertz CT molecular complexity index is 729. The fraction of sp³-hybridized carbons (Fsp3) is 0.235. The molecule has 0 fully saturated rings. The molecule has 0 aliphatic carbocycles. The summed E-state index contributed by atoms with van der Waals surface area (Å²) in [5, 5.41) is 16.6. The Balaban J connectivity index is 1.91. The molecule has 0 heterocycles. The highest BCUT2D eigenvalue weighted by Crippen LogP contribution is 2.21. The first-order valence-corrected chi connectivity index (χ1v) is 7.27. The van der Waals surface area contributed by atoms with Gasteiger partial charge in [-0.15, -0.1) is 0 Å². The number of amides is 1. The van der Waals surface area contributed by atoms with Gasteiger partial charge in [0.2, 0.25) is 5.91 Å². The number of carbonyl (C=O) groups excluding carboxylic acids is 1. The van der Waals surface area contributed by atoms with Gasteiger partial charge in [-0.05, 0) is 30.5 Å². The van der Waals surface area contributed by atoms with E-state index in [1.165, 1.54) is 12.1 Å². The van der Waals surface area contributed by atoms with Crippen molar-refractivity contribution in [2.24, 2.45) is 0 Å². The van der Waals surface area contributed by atoms with E-state index in [1.54, 1.807) is 6.07 Å². The smallest absolute Gasteiger partial charge is 0.271 e. The van der Waals surface area contributed by atoms with Crippen LogP contribution in [0.4, 0.5) is 11.4 Å². The molecule has 0 spiro atoms. The Morgan fingerprint density at radius 3 is 2.57 bits per heavy atom. The van der Waals surface area contributed by atoms with E-state index in [9.17, 15) is 14.9 Å². The third-order valence-electron chi connectivity index (χ3n) is 3.61. The minimum Gasteiger partial charge on any atom is -0.376 e. The number of nitro benzene ring substituents is 1. The Morgan fingerprint density at radius 1 is 1.13 bits per heavy atom. The van der Waals surface area contributed by atoms with Gasteiger partial charge in [0.1, 0.15) is 0 Å². The minimum atomic E-state index is -0.455. The van der Waals surface area contributed by atoms with E-state index < -0.39 is 4.92 Å². The molecule has 0 saturated carbocycles. The van der Waals surface area contributed by atoms with Crippen LogP contribution >= 0.6 is 0 Å². The summed E-state index contributed by atoms with van der Waals surface area (Å²) in [6.45, 7) is 4.35. The Hall–Kier alpha value is -2.89. The van der Waals surface area contributed by atoms with E-state index in [0.717, 1.165) is 16.7 Å². The standard InChI is InChI=1S/C17H19N3O3/c1-12-5-3-4-6-14(12)10-19-17(21)11-18-16-9-15(20(22)23)8-7-13(16)2/h3-9,18H,10-11H2,1-2H3,(H,19,21). The van der Waals surface area contributed by atoms with E-state index in [4.69, 9.17) is 0 Å². The van der Waals surface area contributed by atoms with Crippen molar-refractivity contribution in [2.75, 3.05) is 11.9 Å². The van der Waals surface area contributed by atoms with Crippen molar-refractivity contribution in [1.29, 1.82) is 0 Å². The molecule has 120 valence electrons. The van der Waals surface area contributed by atoms with Gasteiger partial charge in [-0.3, -0.25) is 14.9 Å². The lowest BCUT2D eigenvalue weighted by molar-refractivity contribution is -0.384. The number of nitrogens with one attached hydrogen (secondary N) is 2. The van der Waals surface area contributed by atoms with Crippen molar-refractivity contribution in [3.05, 3.63) is 69.3 Å². The second-order valence-electron chi connectivity index (χ2n) is 5.31. The largest absolute Gasteiger partial charge is 0.376 e. The lowest BCUT2D eigenvalue weighted by atomic mass is 10.1. The number of rotatable bonds is 6. The average molecular weight is 313 g/mol. The molecule has 0 aliphatic rings. The Labute approximate surface area is 134 Å². The summed E-state index contributed by atoms with van der Waals surface area (Å²) >= 11 is 0. The van der Waals surface area contributed by atoms with Crippen LogP contribution in [0.3, 0.4) is 0 Å². The highest BCUT2D eigenvalue weighted by Gasteiger charge is 2.09. The Morgan fingerprint density at radius 2 is 1.87 bits per heavy atom. The molecule has 0 saturated heterocycles. The zero-order chi connectivity index (χ0) is 16.8. The first kappa shape index (κ1) is 16.5. The molecule has 6 nitrogen and oxygen atoms in total. The molecule has 0 atom stereocenters. The van der Waals surface area contributed by atoms with Crippen LogP contribution in [0.15, 0.2) is 42.5 Å². The van der Waals surface area contributed by atoms with E-state index in [1.807, 2.05) is 38.1 Å². The Kier molecular flexibility index (Phi) is 5.30. The predicted octanol–water partition coefficient (Wildman–Crippen LogP) is 2.94. The van der Waals surface area contributed by atoms with Crippen LogP contribution in [0.25, 0.3) is 0 Å². The van der Waals surface area contributed by atoms with Crippen molar-refractivity contribution < 1.29 is 9.72 Å². The van der Waals surface area contributed by atoms with Crippen molar-refractivity contribution in [3.8, 4) is 0 Å². The molecule has 2 aromatic rings. The molecule has 0 radical (unpaired) electrons. The summed E-state index contributed by atoms with van der Waals surface area (Å²) in [6.07, 6.45) is 0. The fourth-order valence-electron chi connectivity index (χ4n) is 2.15. The third kappa shape index (κ3) is 4.54. The number of hydrogen-bond acceptors (Lipinski definition) is 4. The van der Waals surface area contributed by atoms with Gasteiger partial charge in [0.15, 0.2) is 0 Å². The maximum Gasteiger partial charge on any atom is 0.271 e. The van der Waals surface area contributed by atoms with Crippen molar-refractivity contribution in [1.82, 2.24) is 5.32 Å². The number of carbonyl (C=O) groups is 1. The number of nitrogens with zero attached hydrogens (tertiary/aromatic N) is 1. The van der Waals surface area contributed by atoms with Crippen LogP contribution in [0, 0.1) is 24.0 Å². The summed E-state index contributed by atoms with van der Waals surface area (Å²) in [7, 11) is 0. The van der Waals surface area contributed by atoms with E-state index in [2.05, 4.69) is 10.6 Å². The van der Waals surface area contributed by atoms with E-state index >= 15 is 0 Å². The lowest BCUT2D eigenvalue weighted by Gasteiger charge is -2.11. The molecular weight excluding hydrogens is 294 g/mol. The van der Waals surface area contributed by atoms with Gasteiger partial charge in [-0.25, -0.2) is 0 Å². The van der Waals surface area contributed by atoms with Crippen LogP contribution in [0.1, 0.15) is 16.7 Å². The molecular formula is C17H19N3O3. The number of anilines is 1. The lowest BCUT2D eigenvalue weighted by Crippen LogP contribution is -2.29. The first-order valence-electron chi connectivity index (χ1n) is 7.27. The molecule has 0 aliphatic heterocycles. The number of hydrogen-bond donors (Lipinski definition) is 2.